The van der Waals surface area contributed by atoms with Gasteiger partial charge in [0.05, 0.1) is 11.7 Å². The predicted octanol–water partition coefficient (Wildman–Crippen LogP) is 4.86. The van der Waals surface area contributed by atoms with Gasteiger partial charge in [-0.1, -0.05) is 41.5 Å². The highest BCUT2D eigenvalue weighted by molar-refractivity contribution is 5.90. The lowest BCUT2D eigenvalue weighted by Gasteiger charge is -2.08. The molecule has 0 fully saturated rings. The molecule has 106 valence electrons. The minimum atomic E-state index is -0.324. The molecule has 0 spiro atoms. The molecule has 0 radical (unpaired) electrons. The van der Waals surface area contributed by atoms with E-state index in [0.29, 0.717) is 11.3 Å². The SMILES string of the molecule is CC(C)OC(=O)c1ccc(-c2ccc(N=[N+]=[N-])cc2)cc1. The highest BCUT2D eigenvalue weighted by atomic mass is 16.5. The maximum Gasteiger partial charge on any atom is 0.338 e. The molecule has 2 rings (SSSR count). The van der Waals surface area contributed by atoms with Crippen LogP contribution in [0.4, 0.5) is 5.69 Å². The number of hydrogen-bond acceptors (Lipinski definition) is 3. The van der Waals surface area contributed by atoms with Crippen molar-refractivity contribution in [1.82, 2.24) is 0 Å². The van der Waals surface area contributed by atoms with Gasteiger partial charge in [0, 0.05) is 10.6 Å². The Bertz CT molecular complexity index is 670. The smallest absolute Gasteiger partial charge is 0.338 e. The van der Waals surface area contributed by atoms with E-state index in [1.54, 1.807) is 24.3 Å². The average Bonchev–Trinajstić information content (AvgIpc) is 2.48. The first-order valence-corrected chi connectivity index (χ1v) is 6.56. The highest BCUT2D eigenvalue weighted by Gasteiger charge is 2.09. The summed E-state index contributed by atoms with van der Waals surface area (Å²) in [6.07, 6.45) is -0.134. The summed E-state index contributed by atoms with van der Waals surface area (Å²) in [5.74, 6) is -0.324. The van der Waals surface area contributed by atoms with Crippen LogP contribution < -0.4 is 0 Å². The van der Waals surface area contributed by atoms with Crippen molar-refractivity contribution in [3.05, 3.63) is 64.5 Å². The van der Waals surface area contributed by atoms with Crippen molar-refractivity contribution in [1.29, 1.82) is 0 Å². The lowest BCUT2D eigenvalue weighted by Crippen LogP contribution is -2.11. The lowest BCUT2D eigenvalue weighted by molar-refractivity contribution is 0.0378. The predicted molar refractivity (Wildman–Crippen MR) is 81.2 cm³/mol. The van der Waals surface area contributed by atoms with Gasteiger partial charge in [0.1, 0.15) is 0 Å². The second kappa shape index (κ2) is 6.59. The number of esters is 1. The molecule has 21 heavy (non-hydrogen) atoms. The van der Waals surface area contributed by atoms with Crippen molar-refractivity contribution < 1.29 is 9.53 Å². The molecule has 0 atom stereocenters. The van der Waals surface area contributed by atoms with E-state index in [1.165, 1.54) is 0 Å². The second-order valence-electron chi connectivity index (χ2n) is 4.77. The molecule has 0 amide bonds. The Morgan fingerprint density at radius 3 is 2.05 bits per heavy atom. The zero-order valence-corrected chi connectivity index (χ0v) is 11.9. The van der Waals surface area contributed by atoms with Crippen LogP contribution in [0.2, 0.25) is 0 Å². The molecular formula is C16H15N3O2. The van der Waals surface area contributed by atoms with E-state index < -0.39 is 0 Å². The minimum absolute atomic E-state index is 0.134. The van der Waals surface area contributed by atoms with E-state index in [0.717, 1.165) is 11.1 Å². The molecule has 0 saturated heterocycles. The van der Waals surface area contributed by atoms with Crippen LogP contribution in [0.1, 0.15) is 24.2 Å². The quantitative estimate of drug-likeness (QED) is 0.347. The fourth-order valence-electron chi connectivity index (χ4n) is 1.85. The number of hydrogen-bond donors (Lipinski definition) is 0. The Hall–Kier alpha value is -2.78. The van der Waals surface area contributed by atoms with E-state index in [9.17, 15) is 4.79 Å². The normalized spacial score (nSPS) is 10.0. The molecule has 0 heterocycles. The van der Waals surface area contributed by atoms with E-state index in [-0.39, 0.29) is 12.1 Å². The molecule has 0 N–H and O–H groups in total. The van der Waals surface area contributed by atoms with Gasteiger partial charge in [-0.3, -0.25) is 0 Å². The van der Waals surface area contributed by atoms with Crippen molar-refractivity contribution in [3.8, 4) is 11.1 Å². The Balaban J connectivity index is 2.18. The number of carbonyl (C=O) groups is 1. The molecule has 0 aliphatic heterocycles. The van der Waals surface area contributed by atoms with Crippen LogP contribution in [0.15, 0.2) is 53.6 Å². The number of nitrogens with zero attached hydrogens (tertiary/aromatic N) is 3. The summed E-state index contributed by atoms with van der Waals surface area (Å²) in [5, 5.41) is 3.53. The number of carbonyl (C=O) groups excluding carboxylic acids is 1. The molecular weight excluding hydrogens is 266 g/mol. The van der Waals surface area contributed by atoms with Crippen molar-refractivity contribution >= 4 is 11.7 Å². The standard InChI is InChI=1S/C16H15N3O2/c1-11(2)21-16(20)14-5-3-12(4-6-14)13-7-9-15(10-8-13)18-19-17/h3-11H,1-2H3. The van der Waals surface area contributed by atoms with E-state index in [2.05, 4.69) is 10.0 Å². The molecule has 0 aliphatic carbocycles. The summed E-state index contributed by atoms with van der Waals surface area (Å²) in [5.41, 5.74) is 11.4. The average molecular weight is 281 g/mol. The molecule has 5 heteroatoms. The minimum Gasteiger partial charge on any atom is -0.459 e. The first-order valence-electron chi connectivity index (χ1n) is 6.56. The van der Waals surface area contributed by atoms with Crippen molar-refractivity contribution in [2.24, 2.45) is 5.11 Å². The van der Waals surface area contributed by atoms with Gasteiger partial charge >= 0.3 is 5.97 Å². The summed E-state index contributed by atoms with van der Waals surface area (Å²) < 4.78 is 5.14. The summed E-state index contributed by atoms with van der Waals surface area (Å²) in [4.78, 5) is 14.5. The molecule has 2 aromatic carbocycles. The lowest BCUT2D eigenvalue weighted by atomic mass is 10.0. The first kappa shape index (κ1) is 14.6. The van der Waals surface area contributed by atoms with Gasteiger partial charge < -0.3 is 4.74 Å². The molecule has 0 unspecified atom stereocenters. The topological polar surface area (TPSA) is 75.1 Å². The van der Waals surface area contributed by atoms with Gasteiger partial charge in [0.25, 0.3) is 0 Å². The van der Waals surface area contributed by atoms with Gasteiger partial charge in [0.2, 0.25) is 0 Å². The van der Waals surface area contributed by atoms with Crippen LogP contribution in [0.3, 0.4) is 0 Å². The van der Waals surface area contributed by atoms with E-state index >= 15 is 0 Å². The highest BCUT2D eigenvalue weighted by Crippen LogP contribution is 2.23. The number of rotatable bonds is 4. The van der Waals surface area contributed by atoms with Crippen LogP contribution in [0, 0.1) is 0 Å². The Morgan fingerprint density at radius 2 is 1.57 bits per heavy atom. The summed E-state index contributed by atoms with van der Waals surface area (Å²) in [7, 11) is 0. The third-order valence-corrected chi connectivity index (χ3v) is 2.82. The Morgan fingerprint density at radius 1 is 1.05 bits per heavy atom. The molecule has 5 nitrogen and oxygen atoms in total. The fourth-order valence-corrected chi connectivity index (χ4v) is 1.85. The van der Waals surface area contributed by atoms with Crippen LogP contribution in [0.25, 0.3) is 21.6 Å². The third-order valence-electron chi connectivity index (χ3n) is 2.82. The summed E-state index contributed by atoms with van der Waals surface area (Å²) >= 11 is 0. The molecule has 0 aliphatic rings. The maximum atomic E-state index is 11.8. The Kier molecular flexibility index (Phi) is 4.59. The van der Waals surface area contributed by atoms with E-state index in [4.69, 9.17) is 10.3 Å². The molecule has 0 saturated carbocycles. The van der Waals surface area contributed by atoms with Gasteiger partial charge in [-0.25, -0.2) is 4.79 Å². The van der Waals surface area contributed by atoms with Crippen LogP contribution in [-0.2, 0) is 4.74 Å². The van der Waals surface area contributed by atoms with Crippen LogP contribution >= 0.6 is 0 Å². The second-order valence-corrected chi connectivity index (χ2v) is 4.77. The van der Waals surface area contributed by atoms with Crippen molar-refractivity contribution in [3.63, 3.8) is 0 Å². The van der Waals surface area contributed by atoms with Crippen molar-refractivity contribution in [2.75, 3.05) is 0 Å². The van der Waals surface area contributed by atoms with Gasteiger partial charge in [-0.2, -0.15) is 0 Å². The van der Waals surface area contributed by atoms with E-state index in [1.807, 2.05) is 38.1 Å². The number of ether oxygens (including phenoxy) is 1. The number of azide groups is 1. The van der Waals surface area contributed by atoms with Crippen molar-refractivity contribution in [2.45, 2.75) is 20.0 Å². The van der Waals surface area contributed by atoms with Gasteiger partial charge in [0.15, 0.2) is 0 Å². The zero-order valence-electron chi connectivity index (χ0n) is 11.9. The summed E-state index contributed by atoms with van der Waals surface area (Å²) in [6.45, 7) is 3.63. The monoisotopic (exact) mass is 281 g/mol. The summed E-state index contributed by atoms with van der Waals surface area (Å²) in [6, 6.07) is 14.4. The van der Waals surface area contributed by atoms with Gasteiger partial charge in [-0.05, 0) is 42.6 Å². The zero-order chi connectivity index (χ0) is 15.2. The maximum absolute atomic E-state index is 11.8. The number of benzene rings is 2. The Labute approximate surface area is 122 Å². The van der Waals surface area contributed by atoms with Crippen LogP contribution in [-0.4, -0.2) is 12.1 Å². The molecule has 0 bridgehead atoms. The molecule has 2 aromatic rings. The largest absolute Gasteiger partial charge is 0.459 e. The molecule has 0 aromatic heterocycles. The van der Waals surface area contributed by atoms with Gasteiger partial charge in [-0.15, -0.1) is 0 Å². The van der Waals surface area contributed by atoms with Crippen LogP contribution in [0.5, 0.6) is 0 Å². The first-order chi connectivity index (χ1) is 10.1. The fraction of sp³-hybridized carbons (Fsp3) is 0.188. The third kappa shape index (κ3) is 3.84.